The van der Waals surface area contributed by atoms with E-state index in [9.17, 15) is 8.42 Å². The first-order valence-electron chi connectivity index (χ1n) is 11.4. The van der Waals surface area contributed by atoms with Crippen LogP contribution >= 0.6 is 23.2 Å². The van der Waals surface area contributed by atoms with E-state index in [1.165, 1.54) is 24.4 Å². The van der Waals surface area contributed by atoms with Gasteiger partial charge in [-0.15, -0.1) is 0 Å². The summed E-state index contributed by atoms with van der Waals surface area (Å²) in [7, 11) is -0.0961. The number of benzene rings is 2. The Morgan fingerprint density at radius 3 is 2.51 bits per heavy atom. The van der Waals surface area contributed by atoms with Gasteiger partial charge in [-0.2, -0.15) is 10.1 Å². The molecular formula is C24H27Cl2N7O3S. The number of methoxy groups -OCH3 is 1. The average molecular weight is 564 g/mol. The highest BCUT2D eigenvalue weighted by atomic mass is 35.5. The number of nitrogens with one attached hydrogen (secondary N) is 2. The van der Waals surface area contributed by atoms with Crippen molar-refractivity contribution in [3.05, 3.63) is 52.6 Å². The molecule has 3 aromatic rings. The minimum Gasteiger partial charge on any atom is -0.494 e. The molecule has 2 aromatic carbocycles. The maximum atomic E-state index is 12.9. The molecule has 196 valence electrons. The summed E-state index contributed by atoms with van der Waals surface area (Å²) in [5.74, 6) is 1.03. The molecule has 0 unspecified atom stereocenters. The zero-order valence-corrected chi connectivity index (χ0v) is 23.1. The van der Waals surface area contributed by atoms with Gasteiger partial charge in [0.2, 0.25) is 5.95 Å². The van der Waals surface area contributed by atoms with Gasteiger partial charge in [0, 0.05) is 30.4 Å². The number of nitrogens with zero attached hydrogens (tertiary/aromatic N) is 5. The van der Waals surface area contributed by atoms with E-state index in [0.29, 0.717) is 16.5 Å². The van der Waals surface area contributed by atoms with E-state index >= 15 is 0 Å². The molecule has 13 heteroatoms. The van der Waals surface area contributed by atoms with Crippen molar-refractivity contribution in [3.63, 3.8) is 0 Å². The maximum absolute atomic E-state index is 12.9. The Morgan fingerprint density at radius 1 is 1.05 bits per heavy atom. The summed E-state index contributed by atoms with van der Waals surface area (Å²) in [6.45, 7) is 4.83. The number of hydrazone groups is 1. The van der Waals surface area contributed by atoms with Crippen molar-refractivity contribution in [1.82, 2.24) is 15.0 Å². The Bertz CT molecular complexity index is 1430. The Morgan fingerprint density at radius 2 is 1.84 bits per heavy atom. The van der Waals surface area contributed by atoms with Gasteiger partial charge >= 0.3 is 0 Å². The fourth-order valence-electron chi connectivity index (χ4n) is 3.54. The van der Waals surface area contributed by atoms with Crippen molar-refractivity contribution in [2.45, 2.75) is 24.0 Å². The molecule has 0 saturated heterocycles. The monoisotopic (exact) mass is 563 g/mol. The summed E-state index contributed by atoms with van der Waals surface area (Å²) in [5.41, 5.74) is 1.83. The van der Waals surface area contributed by atoms with Crippen LogP contribution in [0, 0.1) is 0 Å². The van der Waals surface area contributed by atoms with E-state index in [2.05, 4.69) is 25.7 Å². The van der Waals surface area contributed by atoms with Gasteiger partial charge in [0.05, 0.1) is 41.4 Å². The highest BCUT2D eigenvalue weighted by Gasteiger charge is 2.24. The fraction of sp³-hybridized carbons (Fsp3) is 0.292. The molecule has 1 aliphatic rings. The largest absolute Gasteiger partial charge is 0.494 e. The quantitative estimate of drug-likeness (QED) is 0.383. The van der Waals surface area contributed by atoms with Crippen molar-refractivity contribution >= 4 is 68.2 Å². The first kappa shape index (κ1) is 26.8. The van der Waals surface area contributed by atoms with Gasteiger partial charge in [0.25, 0.3) is 0 Å². The third-order valence-corrected chi connectivity index (χ3v) is 8.40. The number of aromatic nitrogens is 2. The Hall–Kier alpha value is -3.28. The standard InChI is InChI=1S/C24H27Cl2N7O3S/c1-15(2)37(34,35)22-8-5-16(25)11-20(22)29-23-18(26)13-27-24(31-23)30-19-7-6-17(12-21(19)36-4)33-10-9-32(3)28-14-33/h5-8,11-15H,9-10H2,1-4H3,(H2,27,29,30,31). The molecule has 0 atom stereocenters. The fourth-order valence-corrected chi connectivity index (χ4v) is 5.03. The number of hydrogen-bond donors (Lipinski definition) is 2. The van der Waals surface area contributed by atoms with Gasteiger partial charge in [-0.1, -0.05) is 23.2 Å². The third kappa shape index (κ3) is 6.00. The zero-order valence-electron chi connectivity index (χ0n) is 20.7. The molecule has 0 aliphatic carbocycles. The van der Waals surface area contributed by atoms with Crippen LogP contribution in [-0.4, -0.2) is 62.2 Å². The van der Waals surface area contributed by atoms with Gasteiger partial charge in [0.15, 0.2) is 15.7 Å². The van der Waals surface area contributed by atoms with Crippen LogP contribution in [0.2, 0.25) is 10.0 Å². The molecule has 10 nitrogen and oxygen atoms in total. The lowest BCUT2D eigenvalue weighted by molar-refractivity contribution is 0.353. The molecule has 0 spiro atoms. The minimum atomic E-state index is -3.60. The summed E-state index contributed by atoms with van der Waals surface area (Å²) in [6, 6.07) is 10.2. The molecular weight excluding hydrogens is 537 g/mol. The van der Waals surface area contributed by atoms with E-state index < -0.39 is 15.1 Å². The summed E-state index contributed by atoms with van der Waals surface area (Å²) >= 11 is 12.5. The second kappa shape index (κ2) is 11.0. The van der Waals surface area contributed by atoms with Crippen LogP contribution in [0.1, 0.15) is 13.8 Å². The van der Waals surface area contributed by atoms with Crippen LogP contribution in [0.25, 0.3) is 0 Å². The van der Waals surface area contributed by atoms with Gasteiger partial charge in [-0.3, -0.25) is 5.01 Å². The van der Waals surface area contributed by atoms with Crippen LogP contribution < -0.4 is 20.3 Å². The number of sulfone groups is 1. The van der Waals surface area contributed by atoms with Crippen LogP contribution in [0.5, 0.6) is 5.75 Å². The molecule has 0 saturated carbocycles. The lowest BCUT2D eigenvalue weighted by Crippen LogP contribution is -2.35. The average Bonchev–Trinajstić information content (AvgIpc) is 2.86. The molecule has 2 N–H and O–H groups in total. The summed E-state index contributed by atoms with van der Waals surface area (Å²) in [5, 5.41) is 12.3. The molecule has 2 heterocycles. The smallest absolute Gasteiger partial charge is 0.229 e. The Balaban J connectivity index is 1.62. The van der Waals surface area contributed by atoms with E-state index in [4.69, 9.17) is 27.9 Å². The highest BCUT2D eigenvalue weighted by Crippen LogP contribution is 2.34. The lowest BCUT2D eigenvalue weighted by Gasteiger charge is -2.28. The molecule has 1 aromatic heterocycles. The lowest BCUT2D eigenvalue weighted by atomic mass is 10.2. The number of likely N-dealkylation sites (N-methyl/N-ethyl adjacent to an activating group) is 1. The predicted molar refractivity (Wildman–Crippen MR) is 149 cm³/mol. The first-order chi connectivity index (χ1) is 17.6. The SMILES string of the molecule is COc1cc(N2C=NN(C)CC2)ccc1Nc1ncc(Cl)c(Nc2cc(Cl)ccc2S(=O)(=O)C(C)C)n1. The topological polar surface area (TPSA) is 112 Å². The van der Waals surface area contributed by atoms with Crippen LogP contribution in [-0.2, 0) is 9.84 Å². The molecule has 4 rings (SSSR count). The Kier molecular flexibility index (Phi) is 7.96. The van der Waals surface area contributed by atoms with E-state index in [-0.39, 0.29) is 27.4 Å². The van der Waals surface area contributed by atoms with Crippen molar-refractivity contribution in [2.75, 3.05) is 42.8 Å². The normalized spacial score (nSPS) is 13.7. The highest BCUT2D eigenvalue weighted by molar-refractivity contribution is 7.92. The number of anilines is 5. The number of hydrogen-bond acceptors (Lipinski definition) is 10. The van der Waals surface area contributed by atoms with Crippen molar-refractivity contribution in [1.29, 1.82) is 0 Å². The van der Waals surface area contributed by atoms with Gasteiger partial charge in [-0.05, 0) is 44.2 Å². The number of rotatable bonds is 8. The molecule has 0 radical (unpaired) electrons. The van der Waals surface area contributed by atoms with Crippen molar-refractivity contribution in [3.8, 4) is 5.75 Å². The van der Waals surface area contributed by atoms with Crippen LogP contribution in [0.4, 0.5) is 28.8 Å². The minimum absolute atomic E-state index is 0.0980. The van der Waals surface area contributed by atoms with Gasteiger partial charge in [-0.25, -0.2) is 13.4 Å². The number of halogens is 2. The van der Waals surface area contributed by atoms with Crippen molar-refractivity contribution < 1.29 is 13.2 Å². The zero-order chi connectivity index (χ0) is 26.7. The molecule has 37 heavy (non-hydrogen) atoms. The molecule has 0 fully saturated rings. The molecule has 1 aliphatic heterocycles. The van der Waals surface area contributed by atoms with E-state index in [1.54, 1.807) is 27.3 Å². The molecule has 0 amide bonds. The second-order valence-corrected chi connectivity index (χ2v) is 11.9. The summed E-state index contributed by atoms with van der Waals surface area (Å²) in [4.78, 5) is 10.8. The van der Waals surface area contributed by atoms with E-state index in [1.807, 2.05) is 35.2 Å². The predicted octanol–water partition coefficient (Wildman–Crippen LogP) is 5.16. The third-order valence-electron chi connectivity index (χ3n) is 5.68. The van der Waals surface area contributed by atoms with Gasteiger partial charge < -0.3 is 20.3 Å². The van der Waals surface area contributed by atoms with Crippen molar-refractivity contribution in [2.24, 2.45) is 5.10 Å². The molecule has 0 bridgehead atoms. The maximum Gasteiger partial charge on any atom is 0.229 e. The number of ether oxygens (including phenoxy) is 1. The summed E-state index contributed by atoms with van der Waals surface area (Å²) < 4.78 is 31.4. The Labute approximate surface area is 226 Å². The second-order valence-electron chi connectivity index (χ2n) is 8.56. The first-order valence-corrected chi connectivity index (χ1v) is 13.7. The van der Waals surface area contributed by atoms with Gasteiger partial charge in [0.1, 0.15) is 17.1 Å². The summed E-state index contributed by atoms with van der Waals surface area (Å²) in [6.07, 6.45) is 3.19. The van der Waals surface area contributed by atoms with Crippen LogP contribution in [0.3, 0.4) is 0 Å². The van der Waals surface area contributed by atoms with Crippen LogP contribution in [0.15, 0.2) is 52.6 Å². The van der Waals surface area contributed by atoms with E-state index in [0.717, 1.165) is 18.8 Å².